The maximum Gasteiger partial charge on any atom is 0.416 e. The summed E-state index contributed by atoms with van der Waals surface area (Å²) >= 11 is 0. The number of ether oxygens (including phenoxy) is 1. The molecule has 1 aromatic carbocycles. The standard InChI is InChI=1S/C10H6F3NO3/c1-17-9(16)6-2-5(10(11,12)13)3-8(15)7(6)4-14/h2-3,15H,1H3. The van der Waals surface area contributed by atoms with Gasteiger partial charge in [-0.1, -0.05) is 0 Å². The topological polar surface area (TPSA) is 70.3 Å². The summed E-state index contributed by atoms with van der Waals surface area (Å²) in [6, 6.07) is 2.28. The molecule has 0 heterocycles. The zero-order valence-corrected chi connectivity index (χ0v) is 8.50. The van der Waals surface area contributed by atoms with E-state index in [1.165, 1.54) is 6.07 Å². The molecule has 0 amide bonds. The van der Waals surface area contributed by atoms with Crippen molar-refractivity contribution >= 4 is 5.97 Å². The number of rotatable bonds is 1. The summed E-state index contributed by atoms with van der Waals surface area (Å²) in [5, 5.41) is 17.9. The fourth-order valence-corrected chi connectivity index (χ4v) is 1.18. The summed E-state index contributed by atoms with van der Waals surface area (Å²) in [7, 11) is 0.959. The number of hydrogen-bond donors (Lipinski definition) is 1. The second kappa shape index (κ2) is 4.33. The average molecular weight is 245 g/mol. The first-order chi connectivity index (χ1) is 7.81. The molecule has 17 heavy (non-hydrogen) atoms. The van der Waals surface area contributed by atoms with E-state index in [0.717, 1.165) is 7.11 Å². The van der Waals surface area contributed by atoms with E-state index in [-0.39, 0.29) is 0 Å². The molecule has 0 aliphatic heterocycles. The van der Waals surface area contributed by atoms with Gasteiger partial charge in [0.15, 0.2) is 0 Å². The van der Waals surface area contributed by atoms with Crippen molar-refractivity contribution in [1.29, 1.82) is 5.26 Å². The molecule has 1 N–H and O–H groups in total. The summed E-state index contributed by atoms with van der Waals surface area (Å²) in [4.78, 5) is 11.2. The van der Waals surface area contributed by atoms with Crippen LogP contribution < -0.4 is 0 Å². The Kier molecular flexibility index (Phi) is 3.27. The van der Waals surface area contributed by atoms with Crippen molar-refractivity contribution in [3.63, 3.8) is 0 Å². The van der Waals surface area contributed by atoms with Crippen LogP contribution in [0, 0.1) is 11.3 Å². The van der Waals surface area contributed by atoms with Crippen molar-refractivity contribution in [3.8, 4) is 11.8 Å². The first-order valence-electron chi connectivity index (χ1n) is 4.24. The highest BCUT2D eigenvalue weighted by Crippen LogP contribution is 2.34. The van der Waals surface area contributed by atoms with Gasteiger partial charge in [0.25, 0.3) is 0 Å². The van der Waals surface area contributed by atoms with Gasteiger partial charge >= 0.3 is 12.1 Å². The number of benzene rings is 1. The van der Waals surface area contributed by atoms with Crippen LogP contribution in [-0.2, 0) is 10.9 Å². The summed E-state index contributed by atoms with van der Waals surface area (Å²) in [5.74, 6) is -2.04. The van der Waals surface area contributed by atoms with E-state index in [0.29, 0.717) is 12.1 Å². The van der Waals surface area contributed by atoms with Crippen LogP contribution in [0.2, 0.25) is 0 Å². The highest BCUT2D eigenvalue weighted by atomic mass is 19.4. The van der Waals surface area contributed by atoms with Gasteiger partial charge in [-0.2, -0.15) is 18.4 Å². The molecule has 0 fully saturated rings. The van der Waals surface area contributed by atoms with Crippen LogP contribution in [0.5, 0.6) is 5.75 Å². The number of nitrogens with zero attached hydrogens (tertiary/aromatic N) is 1. The van der Waals surface area contributed by atoms with Crippen molar-refractivity contribution in [3.05, 3.63) is 28.8 Å². The van der Waals surface area contributed by atoms with Crippen LogP contribution in [0.25, 0.3) is 0 Å². The Labute approximate surface area is 93.8 Å². The minimum absolute atomic E-state index is 0.380. The Bertz CT molecular complexity index is 503. The van der Waals surface area contributed by atoms with Gasteiger partial charge in [0, 0.05) is 0 Å². The molecule has 0 saturated carbocycles. The third-order valence-electron chi connectivity index (χ3n) is 1.96. The third-order valence-corrected chi connectivity index (χ3v) is 1.96. The fourth-order valence-electron chi connectivity index (χ4n) is 1.18. The van der Waals surface area contributed by atoms with Gasteiger partial charge in [-0.25, -0.2) is 4.79 Å². The molecule has 0 atom stereocenters. The Morgan fingerprint density at radius 1 is 1.47 bits per heavy atom. The minimum Gasteiger partial charge on any atom is -0.507 e. The van der Waals surface area contributed by atoms with Gasteiger partial charge in [-0.15, -0.1) is 0 Å². The summed E-state index contributed by atoms with van der Waals surface area (Å²) in [5.41, 5.74) is -2.40. The molecule has 0 aliphatic rings. The number of phenolic OH excluding ortho intramolecular Hbond substituents is 1. The van der Waals surface area contributed by atoms with Crippen molar-refractivity contribution in [2.24, 2.45) is 0 Å². The lowest BCUT2D eigenvalue weighted by atomic mass is 10.0. The molecule has 0 aliphatic carbocycles. The number of nitriles is 1. The van der Waals surface area contributed by atoms with Crippen LogP contribution in [0.3, 0.4) is 0 Å². The summed E-state index contributed by atoms with van der Waals surface area (Å²) < 4.78 is 41.4. The molecule has 0 saturated heterocycles. The molecule has 1 aromatic rings. The van der Waals surface area contributed by atoms with Crippen molar-refractivity contribution < 1.29 is 27.8 Å². The van der Waals surface area contributed by atoms with Crippen molar-refractivity contribution in [2.45, 2.75) is 6.18 Å². The zero-order chi connectivity index (χ0) is 13.2. The predicted octanol–water partition coefficient (Wildman–Crippen LogP) is 2.07. The number of esters is 1. The van der Waals surface area contributed by atoms with Crippen molar-refractivity contribution in [1.82, 2.24) is 0 Å². The van der Waals surface area contributed by atoms with Gasteiger partial charge in [0.05, 0.1) is 18.2 Å². The predicted molar refractivity (Wildman–Crippen MR) is 49.2 cm³/mol. The van der Waals surface area contributed by atoms with Gasteiger partial charge in [-0.05, 0) is 12.1 Å². The number of carbonyl (C=O) groups is 1. The van der Waals surface area contributed by atoms with E-state index in [4.69, 9.17) is 5.26 Å². The fraction of sp³-hybridized carbons (Fsp3) is 0.200. The second-order valence-electron chi connectivity index (χ2n) is 3.02. The number of halogens is 3. The number of aromatic hydroxyl groups is 1. The maximum absolute atomic E-state index is 12.4. The number of alkyl halides is 3. The minimum atomic E-state index is -4.73. The normalized spacial score (nSPS) is 10.8. The van der Waals surface area contributed by atoms with E-state index in [1.807, 2.05) is 0 Å². The number of hydrogen-bond acceptors (Lipinski definition) is 4. The SMILES string of the molecule is COC(=O)c1cc(C(F)(F)F)cc(O)c1C#N. The summed E-state index contributed by atoms with van der Waals surface area (Å²) in [6.45, 7) is 0. The Balaban J connectivity index is 3.51. The lowest BCUT2D eigenvalue weighted by Gasteiger charge is -2.10. The zero-order valence-electron chi connectivity index (χ0n) is 8.50. The monoisotopic (exact) mass is 245 g/mol. The van der Waals surface area contributed by atoms with Crippen LogP contribution >= 0.6 is 0 Å². The largest absolute Gasteiger partial charge is 0.507 e. The summed E-state index contributed by atoms with van der Waals surface area (Å²) in [6.07, 6.45) is -4.73. The third kappa shape index (κ3) is 2.47. The molecule has 1 rings (SSSR count). The lowest BCUT2D eigenvalue weighted by Crippen LogP contribution is -2.10. The Hall–Kier alpha value is -2.23. The van der Waals surface area contributed by atoms with Gasteiger partial charge in [0.2, 0.25) is 0 Å². The molecule has 0 bridgehead atoms. The molecule has 4 nitrogen and oxygen atoms in total. The van der Waals surface area contributed by atoms with E-state index in [9.17, 15) is 23.1 Å². The first kappa shape index (κ1) is 12.8. The highest BCUT2D eigenvalue weighted by Gasteiger charge is 2.33. The van der Waals surface area contributed by atoms with E-state index >= 15 is 0 Å². The Morgan fingerprint density at radius 2 is 2.06 bits per heavy atom. The quantitative estimate of drug-likeness (QED) is 0.769. The van der Waals surface area contributed by atoms with Crippen LogP contribution in [0.4, 0.5) is 13.2 Å². The lowest BCUT2D eigenvalue weighted by molar-refractivity contribution is -0.137. The maximum atomic E-state index is 12.4. The first-order valence-corrected chi connectivity index (χ1v) is 4.24. The second-order valence-corrected chi connectivity index (χ2v) is 3.02. The van der Waals surface area contributed by atoms with Crippen molar-refractivity contribution in [2.75, 3.05) is 7.11 Å². The Morgan fingerprint density at radius 3 is 2.47 bits per heavy atom. The van der Waals surface area contributed by atoms with E-state index in [1.54, 1.807) is 0 Å². The van der Waals surface area contributed by atoms with Gasteiger partial charge in [0.1, 0.15) is 17.4 Å². The van der Waals surface area contributed by atoms with Crippen LogP contribution in [-0.4, -0.2) is 18.2 Å². The van der Waals surface area contributed by atoms with Gasteiger partial charge in [-0.3, -0.25) is 0 Å². The molecule has 0 unspecified atom stereocenters. The number of phenols is 1. The average Bonchev–Trinajstić information content (AvgIpc) is 2.25. The van der Waals surface area contributed by atoms with Crippen LogP contribution in [0.15, 0.2) is 12.1 Å². The van der Waals surface area contributed by atoms with Gasteiger partial charge < -0.3 is 9.84 Å². The molecular formula is C10H6F3NO3. The molecule has 0 radical (unpaired) electrons. The smallest absolute Gasteiger partial charge is 0.416 e. The molecule has 90 valence electrons. The van der Waals surface area contributed by atoms with E-state index < -0.39 is 34.6 Å². The number of carbonyl (C=O) groups excluding carboxylic acids is 1. The van der Waals surface area contributed by atoms with E-state index in [2.05, 4.69) is 4.74 Å². The molecular weight excluding hydrogens is 239 g/mol. The number of methoxy groups -OCH3 is 1. The van der Waals surface area contributed by atoms with Crippen LogP contribution in [0.1, 0.15) is 21.5 Å². The highest BCUT2D eigenvalue weighted by molar-refractivity contribution is 5.93. The molecule has 0 spiro atoms. The molecule has 7 heteroatoms. The molecule has 0 aromatic heterocycles.